The van der Waals surface area contributed by atoms with Crippen molar-refractivity contribution in [2.45, 2.75) is 97.4 Å². The Morgan fingerprint density at radius 2 is 1.37 bits per heavy atom. The van der Waals surface area contributed by atoms with Crippen LogP contribution in [0.15, 0.2) is 48.5 Å². The molecule has 0 saturated heterocycles. The van der Waals surface area contributed by atoms with E-state index in [1.54, 1.807) is 12.1 Å². The highest BCUT2D eigenvalue weighted by Gasteiger charge is 2.53. The van der Waals surface area contributed by atoms with E-state index in [1.165, 1.54) is 11.1 Å². The Hall–Kier alpha value is -3.68. The van der Waals surface area contributed by atoms with E-state index in [-0.39, 0.29) is 11.8 Å². The van der Waals surface area contributed by atoms with Gasteiger partial charge in [0, 0.05) is 23.6 Å². The third-order valence-corrected chi connectivity index (χ3v) is 9.46. The first-order chi connectivity index (χ1) is 20.2. The van der Waals surface area contributed by atoms with Crippen LogP contribution in [-0.4, -0.2) is 39.5 Å². The van der Waals surface area contributed by atoms with Crippen molar-refractivity contribution in [2.24, 2.45) is 23.7 Å². The maximum Gasteiger partial charge on any atom is 0.307 e. The number of hydrogen-bond acceptors (Lipinski definition) is 4. The zero-order valence-electron chi connectivity index (χ0n) is 26.4. The second-order valence-electron chi connectivity index (χ2n) is 13.0. The summed E-state index contributed by atoms with van der Waals surface area (Å²) in [5, 5.41) is 25.4. The van der Waals surface area contributed by atoms with Gasteiger partial charge in [-0.3, -0.25) is 19.2 Å². The molecule has 4 unspecified atom stereocenters. The number of hydrogen-bond donors (Lipinski definition) is 4. The van der Waals surface area contributed by atoms with Crippen LogP contribution in [0.3, 0.4) is 0 Å². The molecule has 8 heteroatoms. The molecule has 8 nitrogen and oxygen atoms in total. The number of carbonyl (C=O) groups is 4. The molecule has 0 radical (unpaired) electrons. The van der Waals surface area contributed by atoms with E-state index in [1.807, 2.05) is 32.9 Å². The molecule has 0 aromatic heterocycles. The van der Waals surface area contributed by atoms with Crippen LogP contribution >= 0.6 is 0 Å². The van der Waals surface area contributed by atoms with Gasteiger partial charge in [-0.2, -0.15) is 0 Å². The lowest BCUT2D eigenvalue weighted by Gasteiger charge is -2.29. The minimum absolute atomic E-state index is 0.0905. The number of benzene rings is 2. The number of carboxylic acids is 2. The molecule has 234 valence electrons. The predicted octanol–water partition coefficient (Wildman–Crippen LogP) is 6.42. The summed E-state index contributed by atoms with van der Waals surface area (Å²) >= 11 is 0. The fourth-order valence-corrected chi connectivity index (χ4v) is 6.51. The van der Waals surface area contributed by atoms with Crippen molar-refractivity contribution in [3.63, 3.8) is 0 Å². The molecule has 0 aliphatic heterocycles. The molecule has 2 amide bonds. The van der Waals surface area contributed by atoms with Gasteiger partial charge in [-0.25, -0.2) is 0 Å². The summed E-state index contributed by atoms with van der Waals surface area (Å²) in [5.74, 6) is -7.54. The van der Waals surface area contributed by atoms with Gasteiger partial charge in [0.05, 0.1) is 11.8 Å². The van der Waals surface area contributed by atoms with Gasteiger partial charge in [0.15, 0.2) is 0 Å². The van der Waals surface area contributed by atoms with Crippen LogP contribution in [-0.2, 0) is 31.0 Å². The van der Waals surface area contributed by atoms with Crippen LogP contribution in [0.1, 0.15) is 96.8 Å². The van der Waals surface area contributed by atoms with E-state index in [2.05, 4.69) is 55.7 Å². The van der Waals surface area contributed by atoms with Crippen LogP contribution in [0.5, 0.6) is 0 Å². The third kappa shape index (κ3) is 8.46. The molecule has 1 aliphatic rings. The van der Waals surface area contributed by atoms with Gasteiger partial charge in [-0.1, -0.05) is 70.5 Å². The first kappa shape index (κ1) is 33.8. The lowest BCUT2D eigenvalue weighted by Crippen LogP contribution is -2.47. The Labute approximate surface area is 255 Å². The highest BCUT2D eigenvalue weighted by atomic mass is 16.4. The number of carbonyl (C=O) groups excluding carboxylic acids is 2. The highest BCUT2D eigenvalue weighted by molar-refractivity contribution is 5.97. The molecule has 1 saturated carbocycles. The highest BCUT2D eigenvalue weighted by Crippen LogP contribution is 2.45. The van der Waals surface area contributed by atoms with Crippen molar-refractivity contribution in [1.82, 2.24) is 5.32 Å². The summed E-state index contributed by atoms with van der Waals surface area (Å²) < 4.78 is 0. The summed E-state index contributed by atoms with van der Waals surface area (Å²) in [4.78, 5) is 50.8. The number of amides is 2. The molecule has 4 N–H and O–H groups in total. The Bertz CT molecular complexity index is 1280. The normalized spacial score (nSPS) is 20.4. The lowest BCUT2D eigenvalue weighted by atomic mass is 9.77. The predicted molar refractivity (Wildman–Crippen MR) is 168 cm³/mol. The van der Waals surface area contributed by atoms with Crippen molar-refractivity contribution in [3.8, 4) is 0 Å². The van der Waals surface area contributed by atoms with Crippen LogP contribution in [0, 0.1) is 23.7 Å². The fourth-order valence-electron chi connectivity index (χ4n) is 6.51. The van der Waals surface area contributed by atoms with Gasteiger partial charge >= 0.3 is 11.9 Å². The zero-order valence-corrected chi connectivity index (χ0v) is 26.4. The summed E-state index contributed by atoms with van der Waals surface area (Å²) in [5.41, 5.74) is 3.68. The smallest absolute Gasteiger partial charge is 0.307 e. The average molecular weight is 593 g/mol. The Balaban J connectivity index is 1.75. The van der Waals surface area contributed by atoms with Crippen molar-refractivity contribution in [1.29, 1.82) is 0 Å². The first-order valence-corrected chi connectivity index (χ1v) is 15.5. The summed E-state index contributed by atoms with van der Waals surface area (Å²) in [6.07, 6.45) is 3.85. The minimum Gasteiger partial charge on any atom is -0.481 e. The Kier molecular flexibility index (Phi) is 11.2. The Morgan fingerprint density at radius 1 is 0.814 bits per heavy atom. The van der Waals surface area contributed by atoms with Gasteiger partial charge < -0.3 is 20.8 Å². The number of nitrogens with one attached hydrogen (secondary N) is 2. The van der Waals surface area contributed by atoms with E-state index in [0.29, 0.717) is 12.1 Å². The fraction of sp³-hybridized carbons (Fsp3) is 0.543. The topological polar surface area (TPSA) is 133 Å². The molecule has 0 heterocycles. The average Bonchev–Trinajstić information content (AvgIpc) is 3.33. The molecule has 0 spiro atoms. The minimum atomic E-state index is -1.21. The van der Waals surface area contributed by atoms with Crippen molar-refractivity contribution in [2.75, 3.05) is 5.32 Å². The van der Waals surface area contributed by atoms with Crippen molar-refractivity contribution >= 4 is 29.4 Å². The Morgan fingerprint density at radius 3 is 1.86 bits per heavy atom. The van der Waals surface area contributed by atoms with E-state index >= 15 is 0 Å². The van der Waals surface area contributed by atoms with E-state index in [0.717, 1.165) is 31.2 Å². The molecule has 1 aliphatic carbocycles. The van der Waals surface area contributed by atoms with Crippen LogP contribution < -0.4 is 10.6 Å². The molecule has 43 heavy (non-hydrogen) atoms. The number of anilines is 1. The molecule has 4 atom stereocenters. The molecule has 2 aromatic carbocycles. The SMILES string of the molecule is CCCC(C)(C)NC(=O)C1CC(C(=O)O)C(C(=O)Nc2ccc(Cc3ccc(C(C)(CC)CC)cc3)cc2)C1CC(=O)O. The molecule has 3 rings (SSSR count). The largest absolute Gasteiger partial charge is 0.481 e. The number of aliphatic carboxylic acids is 2. The van der Waals surface area contributed by atoms with E-state index in [4.69, 9.17) is 0 Å². The first-order valence-electron chi connectivity index (χ1n) is 15.5. The second-order valence-corrected chi connectivity index (χ2v) is 13.0. The van der Waals surface area contributed by atoms with Crippen LogP contribution in [0.25, 0.3) is 0 Å². The van der Waals surface area contributed by atoms with Gasteiger partial charge in [-0.05, 0) is 86.1 Å². The maximum atomic E-state index is 13.5. The van der Waals surface area contributed by atoms with E-state index in [9.17, 15) is 29.4 Å². The summed E-state index contributed by atoms with van der Waals surface area (Å²) in [7, 11) is 0. The standard InChI is InChI=1S/C35H48N2O6/c1-7-18-34(4,5)37-31(40)27-20-28(33(42)43)30(26(27)21-29(38)39)32(41)36-25-16-12-23(13-17-25)19-22-10-14-24(15-11-22)35(6,8-2)9-3/h10-17,26-28,30H,7-9,18-21H2,1-6H3,(H,36,41)(H,37,40)(H,38,39)(H,42,43). The molecule has 2 aromatic rings. The lowest BCUT2D eigenvalue weighted by molar-refractivity contribution is -0.147. The van der Waals surface area contributed by atoms with Gasteiger partial charge in [0.2, 0.25) is 11.8 Å². The third-order valence-electron chi connectivity index (χ3n) is 9.46. The number of carboxylic acid groups (broad SMARTS) is 2. The quantitative estimate of drug-likeness (QED) is 0.200. The van der Waals surface area contributed by atoms with Crippen molar-refractivity contribution in [3.05, 3.63) is 65.2 Å². The van der Waals surface area contributed by atoms with Crippen LogP contribution in [0.4, 0.5) is 5.69 Å². The zero-order chi connectivity index (χ0) is 31.9. The monoisotopic (exact) mass is 592 g/mol. The molecular formula is C35H48N2O6. The maximum absolute atomic E-state index is 13.5. The van der Waals surface area contributed by atoms with Gasteiger partial charge in [-0.15, -0.1) is 0 Å². The summed E-state index contributed by atoms with van der Waals surface area (Å²) in [6.45, 7) is 12.5. The molecular weight excluding hydrogens is 544 g/mol. The van der Waals surface area contributed by atoms with Gasteiger partial charge in [0.25, 0.3) is 0 Å². The summed E-state index contributed by atoms with van der Waals surface area (Å²) in [6, 6.07) is 16.1. The van der Waals surface area contributed by atoms with Crippen LogP contribution in [0.2, 0.25) is 0 Å². The molecule has 1 fully saturated rings. The van der Waals surface area contributed by atoms with E-state index < -0.39 is 59.4 Å². The molecule has 0 bridgehead atoms. The van der Waals surface area contributed by atoms with Gasteiger partial charge in [0.1, 0.15) is 0 Å². The second kappa shape index (κ2) is 14.2. The van der Waals surface area contributed by atoms with Crippen molar-refractivity contribution < 1.29 is 29.4 Å². The number of rotatable bonds is 14.